The highest BCUT2D eigenvalue weighted by Crippen LogP contribution is 2.48. The summed E-state index contributed by atoms with van der Waals surface area (Å²) in [5, 5.41) is 8.78. The third kappa shape index (κ3) is 1.69. The first-order valence-electron chi connectivity index (χ1n) is 5.02. The Labute approximate surface area is 83.3 Å². The maximum atomic E-state index is 10.7. The van der Waals surface area contributed by atoms with Gasteiger partial charge in [0.2, 0.25) is 0 Å². The van der Waals surface area contributed by atoms with Gasteiger partial charge in [0.1, 0.15) is 4.87 Å². The van der Waals surface area contributed by atoms with Crippen LogP contribution < -0.4 is 0 Å². The third-order valence-corrected chi connectivity index (χ3v) is 3.97. The number of alkyl halides is 1. The first-order chi connectivity index (χ1) is 6.10. The van der Waals surface area contributed by atoms with E-state index in [9.17, 15) is 4.79 Å². The Morgan fingerprint density at radius 2 is 2.00 bits per heavy atom. The van der Waals surface area contributed by atoms with Gasteiger partial charge >= 0.3 is 5.97 Å². The SMILES string of the molecule is O=C(O)C1(Cl)CC(CC2CCC2)C1. The van der Waals surface area contributed by atoms with Crippen LogP contribution in [0.25, 0.3) is 0 Å². The van der Waals surface area contributed by atoms with Crippen LogP contribution >= 0.6 is 11.6 Å². The minimum atomic E-state index is -0.908. The van der Waals surface area contributed by atoms with E-state index in [-0.39, 0.29) is 0 Å². The molecule has 0 aromatic heterocycles. The molecule has 0 spiro atoms. The van der Waals surface area contributed by atoms with Gasteiger partial charge in [-0.25, -0.2) is 0 Å². The lowest BCUT2D eigenvalue weighted by Crippen LogP contribution is -2.46. The summed E-state index contributed by atoms with van der Waals surface area (Å²) in [5.74, 6) is 0.623. The largest absolute Gasteiger partial charge is 0.480 e. The molecule has 0 unspecified atom stereocenters. The second kappa shape index (κ2) is 3.16. The normalized spacial score (nSPS) is 39.3. The lowest BCUT2D eigenvalue weighted by atomic mass is 9.67. The van der Waals surface area contributed by atoms with Crippen molar-refractivity contribution in [2.75, 3.05) is 0 Å². The fourth-order valence-corrected chi connectivity index (χ4v) is 2.83. The molecule has 2 nitrogen and oxygen atoms in total. The van der Waals surface area contributed by atoms with Gasteiger partial charge < -0.3 is 5.11 Å². The number of hydrogen-bond donors (Lipinski definition) is 1. The van der Waals surface area contributed by atoms with Gasteiger partial charge in [0.15, 0.2) is 0 Å². The van der Waals surface area contributed by atoms with Gasteiger partial charge in [0.25, 0.3) is 0 Å². The Morgan fingerprint density at radius 3 is 2.38 bits per heavy atom. The average Bonchev–Trinajstić information content (AvgIpc) is 1.91. The van der Waals surface area contributed by atoms with Crippen LogP contribution in [0.3, 0.4) is 0 Å². The molecule has 0 saturated heterocycles. The van der Waals surface area contributed by atoms with Crippen LogP contribution in [0.5, 0.6) is 0 Å². The highest BCUT2D eigenvalue weighted by Gasteiger charge is 2.49. The Kier molecular flexibility index (Phi) is 2.26. The van der Waals surface area contributed by atoms with Crippen molar-refractivity contribution in [1.82, 2.24) is 0 Å². The Bertz CT molecular complexity index is 217. The molecule has 0 radical (unpaired) electrons. The number of carboxylic acids is 1. The summed E-state index contributed by atoms with van der Waals surface area (Å²) >= 11 is 5.88. The monoisotopic (exact) mass is 202 g/mol. The van der Waals surface area contributed by atoms with Crippen LogP contribution in [-0.2, 0) is 4.79 Å². The quantitative estimate of drug-likeness (QED) is 0.715. The molecule has 0 bridgehead atoms. The zero-order valence-corrected chi connectivity index (χ0v) is 8.39. The van der Waals surface area contributed by atoms with Crippen LogP contribution in [0.1, 0.15) is 38.5 Å². The molecule has 2 saturated carbocycles. The summed E-state index contributed by atoms with van der Waals surface area (Å²) in [7, 11) is 0. The topological polar surface area (TPSA) is 37.3 Å². The average molecular weight is 203 g/mol. The van der Waals surface area contributed by atoms with Gasteiger partial charge in [0, 0.05) is 0 Å². The lowest BCUT2D eigenvalue weighted by molar-refractivity contribution is -0.144. The fourth-order valence-electron chi connectivity index (χ4n) is 2.40. The molecule has 3 heteroatoms. The van der Waals surface area contributed by atoms with Crippen molar-refractivity contribution in [2.24, 2.45) is 11.8 Å². The minimum Gasteiger partial charge on any atom is -0.480 e. The smallest absolute Gasteiger partial charge is 0.324 e. The molecule has 13 heavy (non-hydrogen) atoms. The lowest BCUT2D eigenvalue weighted by Gasteiger charge is -2.42. The van der Waals surface area contributed by atoms with Crippen LogP contribution in [0.2, 0.25) is 0 Å². The van der Waals surface area contributed by atoms with Crippen molar-refractivity contribution in [1.29, 1.82) is 0 Å². The first kappa shape index (κ1) is 9.32. The maximum Gasteiger partial charge on any atom is 0.324 e. The molecule has 0 aliphatic heterocycles. The summed E-state index contributed by atoms with van der Waals surface area (Å²) in [6.45, 7) is 0. The van der Waals surface area contributed by atoms with Gasteiger partial charge in [-0.3, -0.25) is 4.79 Å². The Hall–Kier alpha value is -0.240. The van der Waals surface area contributed by atoms with E-state index in [4.69, 9.17) is 16.7 Å². The van der Waals surface area contributed by atoms with E-state index in [1.54, 1.807) is 0 Å². The van der Waals surface area contributed by atoms with Crippen molar-refractivity contribution in [3.8, 4) is 0 Å². The van der Waals surface area contributed by atoms with Gasteiger partial charge in [-0.15, -0.1) is 11.6 Å². The molecule has 0 atom stereocenters. The van der Waals surface area contributed by atoms with Crippen molar-refractivity contribution >= 4 is 17.6 Å². The van der Waals surface area contributed by atoms with Crippen molar-refractivity contribution < 1.29 is 9.90 Å². The maximum absolute atomic E-state index is 10.7. The van der Waals surface area contributed by atoms with Crippen LogP contribution in [0.4, 0.5) is 0 Å². The van der Waals surface area contributed by atoms with Gasteiger partial charge in [-0.05, 0) is 31.1 Å². The van der Waals surface area contributed by atoms with Crippen molar-refractivity contribution in [3.05, 3.63) is 0 Å². The highest BCUT2D eigenvalue weighted by atomic mass is 35.5. The predicted molar refractivity (Wildman–Crippen MR) is 50.9 cm³/mol. The van der Waals surface area contributed by atoms with E-state index in [1.807, 2.05) is 0 Å². The summed E-state index contributed by atoms with van der Waals surface area (Å²) in [6.07, 6.45) is 6.63. The van der Waals surface area contributed by atoms with E-state index < -0.39 is 10.8 Å². The van der Waals surface area contributed by atoms with E-state index in [2.05, 4.69) is 0 Å². The predicted octanol–water partition coefficient (Wildman–Crippen LogP) is 2.65. The summed E-state index contributed by atoms with van der Waals surface area (Å²) in [6, 6.07) is 0. The molecule has 2 aliphatic rings. The number of rotatable bonds is 3. The van der Waals surface area contributed by atoms with Crippen LogP contribution in [0.15, 0.2) is 0 Å². The Morgan fingerprint density at radius 1 is 1.38 bits per heavy atom. The molecular formula is C10H15ClO2. The van der Waals surface area contributed by atoms with Gasteiger partial charge in [0.05, 0.1) is 0 Å². The number of carbonyl (C=O) groups is 1. The second-order valence-electron chi connectivity index (χ2n) is 4.58. The summed E-state index contributed by atoms with van der Waals surface area (Å²) in [4.78, 5) is 9.78. The molecule has 1 N–H and O–H groups in total. The van der Waals surface area contributed by atoms with Gasteiger partial charge in [-0.1, -0.05) is 19.3 Å². The molecule has 0 amide bonds. The highest BCUT2D eigenvalue weighted by molar-refractivity contribution is 6.34. The summed E-state index contributed by atoms with van der Waals surface area (Å²) in [5.41, 5.74) is 0. The van der Waals surface area contributed by atoms with E-state index in [0.29, 0.717) is 18.8 Å². The number of hydrogen-bond acceptors (Lipinski definition) is 1. The van der Waals surface area contributed by atoms with Gasteiger partial charge in [-0.2, -0.15) is 0 Å². The van der Waals surface area contributed by atoms with E-state index in [1.165, 1.54) is 25.7 Å². The van der Waals surface area contributed by atoms with Crippen molar-refractivity contribution in [3.63, 3.8) is 0 Å². The first-order valence-corrected chi connectivity index (χ1v) is 5.40. The zero-order valence-electron chi connectivity index (χ0n) is 7.63. The summed E-state index contributed by atoms with van der Waals surface area (Å²) < 4.78 is 0. The molecular weight excluding hydrogens is 188 g/mol. The Balaban J connectivity index is 1.74. The molecule has 2 rings (SSSR count). The molecule has 0 heterocycles. The van der Waals surface area contributed by atoms with Crippen molar-refractivity contribution in [2.45, 2.75) is 43.4 Å². The number of halogens is 1. The van der Waals surface area contributed by atoms with E-state index in [0.717, 1.165) is 5.92 Å². The second-order valence-corrected chi connectivity index (χ2v) is 5.30. The zero-order chi connectivity index (χ0) is 9.47. The minimum absolute atomic E-state index is 0.582. The number of aliphatic carboxylic acids is 1. The van der Waals surface area contributed by atoms with Crippen LogP contribution in [0, 0.1) is 11.8 Å². The van der Waals surface area contributed by atoms with E-state index >= 15 is 0 Å². The number of carboxylic acid groups (broad SMARTS) is 1. The third-order valence-electron chi connectivity index (χ3n) is 3.50. The molecule has 0 aromatic rings. The molecule has 2 fully saturated rings. The fraction of sp³-hybridized carbons (Fsp3) is 0.900. The molecule has 2 aliphatic carbocycles. The molecule has 74 valence electrons. The standard InChI is InChI=1S/C10H15ClO2/c11-10(9(12)13)5-8(6-10)4-7-2-1-3-7/h7-8H,1-6H2,(H,12,13). The van der Waals surface area contributed by atoms with Crippen LogP contribution in [-0.4, -0.2) is 16.0 Å². The molecule has 0 aromatic carbocycles.